The van der Waals surface area contributed by atoms with Crippen molar-refractivity contribution < 1.29 is 0 Å². The van der Waals surface area contributed by atoms with Crippen LogP contribution in [0, 0.1) is 0 Å². The highest BCUT2D eigenvalue weighted by Crippen LogP contribution is 2.30. The molecule has 2 aromatic rings. The van der Waals surface area contributed by atoms with Gasteiger partial charge in [0.25, 0.3) is 0 Å². The van der Waals surface area contributed by atoms with Gasteiger partial charge in [0.05, 0.1) is 6.04 Å². The lowest BCUT2D eigenvalue weighted by Gasteiger charge is -2.27. The monoisotopic (exact) mass is 279 g/mol. The van der Waals surface area contributed by atoms with Gasteiger partial charge in [0.15, 0.2) is 0 Å². The third kappa shape index (κ3) is 2.89. The second-order valence-electron chi connectivity index (χ2n) is 6.02. The predicted molar refractivity (Wildman–Crippen MR) is 89.8 cm³/mol. The molecule has 1 heterocycles. The Bertz CT molecular complexity index is 581. The highest BCUT2D eigenvalue weighted by atomic mass is 14.9. The van der Waals surface area contributed by atoms with Crippen molar-refractivity contribution >= 4 is 0 Å². The lowest BCUT2D eigenvalue weighted by molar-refractivity contribution is 0.567. The smallest absolute Gasteiger partial charge is 0.0579 e. The van der Waals surface area contributed by atoms with Gasteiger partial charge in [-0.1, -0.05) is 62.4 Å². The second-order valence-corrected chi connectivity index (χ2v) is 6.02. The number of rotatable bonds is 4. The highest BCUT2D eigenvalue weighted by Gasteiger charge is 2.20. The SMILES string of the molecule is CCC(CC)c1ccc(C2NCCc3ccccc32)cc1. The summed E-state index contributed by atoms with van der Waals surface area (Å²) in [6, 6.07) is 18.5. The fraction of sp³-hybridized carbons (Fsp3) is 0.400. The van der Waals surface area contributed by atoms with Gasteiger partial charge in [0.1, 0.15) is 0 Å². The van der Waals surface area contributed by atoms with Crippen molar-refractivity contribution in [1.29, 1.82) is 0 Å². The maximum Gasteiger partial charge on any atom is 0.0579 e. The fourth-order valence-electron chi connectivity index (χ4n) is 3.52. The van der Waals surface area contributed by atoms with E-state index in [2.05, 4.69) is 67.7 Å². The first kappa shape index (κ1) is 14.3. The molecule has 0 saturated heterocycles. The van der Waals surface area contributed by atoms with Crippen LogP contribution in [-0.4, -0.2) is 6.54 Å². The minimum Gasteiger partial charge on any atom is -0.306 e. The molecule has 110 valence electrons. The van der Waals surface area contributed by atoms with Crippen LogP contribution >= 0.6 is 0 Å². The Hall–Kier alpha value is -1.60. The quantitative estimate of drug-likeness (QED) is 0.845. The maximum atomic E-state index is 3.67. The molecule has 1 nitrogen and oxygen atoms in total. The average molecular weight is 279 g/mol. The summed E-state index contributed by atoms with van der Waals surface area (Å²) in [5.41, 5.74) is 5.80. The Morgan fingerprint density at radius 2 is 1.71 bits per heavy atom. The molecular weight excluding hydrogens is 254 g/mol. The van der Waals surface area contributed by atoms with E-state index in [4.69, 9.17) is 0 Å². The van der Waals surface area contributed by atoms with Crippen molar-refractivity contribution in [2.24, 2.45) is 0 Å². The first-order valence-electron chi connectivity index (χ1n) is 8.24. The minimum absolute atomic E-state index is 0.353. The van der Waals surface area contributed by atoms with E-state index < -0.39 is 0 Å². The van der Waals surface area contributed by atoms with E-state index in [1.165, 1.54) is 35.1 Å². The Morgan fingerprint density at radius 1 is 1.00 bits per heavy atom. The topological polar surface area (TPSA) is 12.0 Å². The standard InChI is InChI=1S/C20H25N/c1-3-15(4-2)16-9-11-18(12-10-16)20-19-8-6-5-7-17(19)13-14-21-20/h5-12,15,20-21H,3-4,13-14H2,1-2H3. The summed E-state index contributed by atoms with van der Waals surface area (Å²) in [6.07, 6.45) is 3.58. The Kier molecular flexibility index (Phi) is 4.40. The van der Waals surface area contributed by atoms with E-state index in [0.29, 0.717) is 12.0 Å². The van der Waals surface area contributed by atoms with Gasteiger partial charge in [-0.25, -0.2) is 0 Å². The zero-order valence-electron chi connectivity index (χ0n) is 13.1. The largest absolute Gasteiger partial charge is 0.306 e. The summed E-state index contributed by atoms with van der Waals surface area (Å²) < 4.78 is 0. The second kappa shape index (κ2) is 6.44. The van der Waals surface area contributed by atoms with E-state index in [1.807, 2.05) is 0 Å². The minimum atomic E-state index is 0.353. The van der Waals surface area contributed by atoms with E-state index >= 15 is 0 Å². The van der Waals surface area contributed by atoms with Crippen LogP contribution in [0.3, 0.4) is 0 Å². The summed E-state index contributed by atoms with van der Waals surface area (Å²) in [5, 5.41) is 3.67. The molecule has 1 aliphatic rings. The molecule has 21 heavy (non-hydrogen) atoms. The number of benzene rings is 2. The summed E-state index contributed by atoms with van der Waals surface area (Å²) in [4.78, 5) is 0. The number of hydrogen-bond donors (Lipinski definition) is 1. The lowest BCUT2D eigenvalue weighted by Crippen LogP contribution is -2.30. The van der Waals surface area contributed by atoms with E-state index in [-0.39, 0.29) is 0 Å². The molecule has 0 bridgehead atoms. The molecule has 0 fully saturated rings. The van der Waals surface area contributed by atoms with Crippen LogP contribution in [0.5, 0.6) is 0 Å². The highest BCUT2D eigenvalue weighted by molar-refractivity contribution is 5.40. The molecule has 1 atom stereocenters. The van der Waals surface area contributed by atoms with Crippen molar-refractivity contribution in [3.8, 4) is 0 Å². The zero-order valence-corrected chi connectivity index (χ0v) is 13.1. The summed E-state index contributed by atoms with van der Waals surface area (Å²) in [6.45, 7) is 5.62. The van der Waals surface area contributed by atoms with Crippen LogP contribution in [0.2, 0.25) is 0 Å². The van der Waals surface area contributed by atoms with Crippen LogP contribution in [0.25, 0.3) is 0 Å². The van der Waals surface area contributed by atoms with Crippen LogP contribution < -0.4 is 5.32 Å². The van der Waals surface area contributed by atoms with Crippen LogP contribution in [0.1, 0.15) is 60.9 Å². The molecule has 0 spiro atoms. The van der Waals surface area contributed by atoms with Gasteiger partial charge in [0.2, 0.25) is 0 Å². The molecule has 0 aliphatic carbocycles. The van der Waals surface area contributed by atoms with Crippen molar-refractivity contribution in [2.75, 3.05) is 6.54 Å². The first-order chi connectivity index (χ1) is 10.3. The normalized spacial score (nSPS) is 17.8. The van der Waals surface area contributed by atoms with Gasteiger partial charge < -0.3 is 5.32 Å². The summed E-state index contributed by atoms with van der Waals surface area (Å²) in [5.74, 6) is 0.700. The molecule has 0 aromatic heterocycles. The van der Waals surface area contributed by atoms with E-state index in [1.54, 1.807) is 0 Å². The van der Waals surface area contributed by atoms with Crippen LogP contribution in [-0.2, 0) is 6.42 Å². The van der Waals surface area contributed by atoms with Gasteiger partial charge in [-0.05, 0) is 47.4 Å². The first-order valence-corrected chi connectivity index (χ1v) is 8.24. The average Bonchev–Trinajstić information content (AvgIpc) is 2.56. The Labute approximate surface area is 128 Å². The van der Waals surface area contributed by atoms with Gasteiger partial charge in [-0.2, -0.15) is 0 Å². The third-order valence-electron chi connectivity index (χ3n) is 4.84. The fourth-order valence-corrected chi connectivity index (χ4v) is 3.52. The molecule has 1 aliphatic heterocycles. The van der Waals surface area contributed by atoms with Gasteiger partial charge in [0, 0.05) is 6.54 Å². The molecule has 1 N–H and O–H groups in total. The Balaban J connectivity index is 1.88. The molecular formula is C20H25N. The van der Waals surface area contributed by atoms with Crippen molar-refractivity contribution in [3.05, 3.63) is 70.8 Å². The molecule has 0 radical (unpaired) electrons. The number of nitrogens with one attached hydrogen (secondary N) is 1. The van der Waals surface area contributed by atoms with Gasteiger partial charge in [-0.15, -0.1) is 0 Å². The lowest BCUT2D eigenvalue weighted by atomic mass is 9.88. The van der Waals surface area contributed by atoms with Gasteiger partial charge >= 0.3 is 0 Å². The molecule has 3 rings (SSSR count). The summed E-state index contributed by atoms with van der Waals surface area (Å²) >= 11 is 0. The molecule has 1 unspecified atom stereocenters. The predicted octanol–water partition coefficient (Wildman–Crippen LogP) is 4.83. The number of fused-ring (bicyclic) bond motifs is 1. The van der Waals surface area contributed by atoms with Crippen LogP contribution in [0.15, 0.2) is 48.5 Å². The summed E-state index contributed by atoms with van der Waals surface area (Å²) in [7, 11) is 0. The third-order valence-corrected chi connectivity index (χ3v) is 4.84. The number of hydrogen-bond acceptors (Lipinski definition) is 1. The maximum absolute atomic E-state index is 3.67. The van der Waals surface area contributed by atoms with Crippen molar-refractivity contribution in [2.45, 2.75) is 45.1 Å². The van der Waals surface area contributed by atoms with E-state index in [0.717, 1.165) is 13.0 Å². The van der Waals surface area contributed by atoms with Crippen LogP contribution in [0.4, 0.5) is 0 Å². The molecule has 0 amide bonds. The molecule has 1 heteroatoms. The molecule has 2 aromatic carbocycles. The van der Waals surface area contributed by atoms with E-state index in [9.17, 15) is 0 Å². The molecule has 0 saturated carbocycles. The zero-order chi connectivity index (χ0) is 14.7. The van der Waals surface area contributed by atoms with Crippen molar-refractivity contribution in [1.82, 2.24) is 5.32 Å². The van der Waals surface area contributed by atoms with Gasteiger partial charge in [-0.3, -0.25) is 0 Å². The Morgan fingerprint density at radius 3 is 2.43 bits per heavy atom. The van der Waals surface area contributed by atoms with Crippen molar-refractivity contribution in [3.63, 3.8) is 0 Å².